The van der Waals surface area contributed by atoms with Crippen molar-refractivity contribution in [3.05, 3.63) is 36.0 Å². The Morgan fingerprint density at radius 2 is 2.29 bits per heavy atom. The van der Waals surface area contributed by atoms with Crippen molar-refractivity contribution in [2.24, 2.45) is 0 Å². The molecule has 1 amide bonds. The molecule has 0 bridgehead atoms. The van der Waals surface area contributed by atoms with Crippen LogP contribution < -0.4 is 10.1 Å². The van der Waals surface area contributed by atoms with Crippen molar-refractivity contribution in [3.63, 3.8) is 0 Å². The number of benzene rings is 1. The summed E-state index contributed by atoms with van der Waals surface area (Å²) >= 11 is 3.20. The number of terminal acetylenes is 1. The molecule has 1 N–H and O–H groups in total. The van der Waals surface area contributed by atoms with E-state index in [1.165, 1.54) is 11.8 Å². The molecule has 1 aromatic heterocycles. The molecule has 1 unspecified atom stereocenters. The van der Waals surface area contributed by atoms with Crippen LogP contribution in [0.5, 0.6) is 5.75 Å². The van der Waals surface area contributed by atoms with Gasteiger partial charge in [-0.3, -0.25) is 9.78 Å². The van der Waals surface area contributed by atoms with Gasteiger partial charge in [0.15, 0.2) is 0 Å². The maximum absolute atomic E-state index is 12.4. The number of hydrogen-bond acceptors (Lipinski definition) is 5. The molecule has 1 aliphatic heterocycles. The third kappa shape index (κ3) is 3.63. The zero-order valence-corrected chi connectivity index (χ0v) is 15.2. The Morgan fingerprint density at radius 3 is 2.92 bits per heavy atom. The maximum Gasteiger partial charge on any atom is 0.272 e. The average molecular weight is 358 g/mol. The molecule has 0 radical (unpaired) electrons. The summed E-state index contributed by atoms with van der Waals surface area (Å²) in [5.74, 6) is 4.99. The first kappa shape index (κ1) is 17.0. The largest absolute Gasteiger partial charge is 0.470 e. The monoisotopic (exact) mass is 358 g/mol. The number of carbonyl (C=O) groups is 1. The summed E-state index contributed by atoms with van der Waals surface area (Å²) in [6.07, 6.45) is 8.95. The minimum Gasteiger partial charge on any atom is -0.470 e. The normalized spacial score (nSPS) is 16.7. The molecule has 1 saturated heterocycles. The first-order valence-corrected chi connectivity index (χ1v) is 9.93. The van der Waals surface area contributed by atoms with E-state index in [0.29, 0.717) is 11.3 Å². The molecule has 1 fully saturated rings. The number of pyridine rings is 1. The first-order chi connectivity index (χ1) is 11.5. The Hall–Kier alpha value is -1.84. The lowest BCUT2D eigenvalue weighted by Gasteiger charge is -2.39. The summed E-state index contributed by atoms with van der Waals surface area (Å²) in [5, 5.41) is 3.97. The number of ether oxygens (including phenoxy) is 1. The van der Waals surface area contributed by atoms with Crippen LogP contribution in [0.3, 0.4) is 0 Å². The highest BCUT2D eigenvalue weighted by atomic mass is 32.2. The summed E-state index contributed by atoms with van der Waals surface area (Å²) < 4.78 is 5.89. The smallest absolute Gasteiger partial charge is 0.272 e. The number of rotatable bonds is 5. The van der Waals surface area contributed by atoms with Crippen LogP contribution in [0.15, 0.2) is 30.5 Å². The van der Waals surface area contributed by atoms with Crippen molar-refractivity contribution in [2.75, 3.05) is 17.8 Å². The number of amides is 1. The SMILES string of the molecule is C#Cc1cnc2ccc(OC(SC)C(=O)NC3(C)CSC3)cc2c1. The summed E-state index contributed by atoms with van der Waals surface area (Å²) in [7, 11) is 0. The molecule has 2 aromatic rings. The second-order valence-corrected chi connectivity index (χ2v) is 7.84. The second-order valence-electron chi connectivity index (χ2n) is 5.95. The van der Waals surface area contributed by atoms with E-state index in [-0.39, 0.29) is 11.4 Å². The highest BCUT2D eigenvalue weighted by Gasteiger charge is 2.36. The number of thioether (sulfide) groups is 2. The van der Waals surface area contributed by atoms with Crippen LogP contribution in [-0.4, -0.2) is 39.6 Å². The van der Waals surface area contributed by atoms with Gasteiger partial charge in [0, 0.05) is 28.7 Å². The molecule has 4 nitrogen and oxygen atoms in total. The van der Waals surface area contributed by atoms with E-state index >= 15 is 0 Å². The van der Waals surface area contributed by atoms with E-state index in [1.807, 2.05) is 42.3 Å². The summed E-state index contributed by atoms with van der Waals surface area (Å²) in [5.41, 5.74) is 0.849. The lowest BCUT2D eigenvalue weighted by molar-refractivity contribution is -0.125. The molecule has 124 valence electrons. The van der Waals surface area contributed by atoms with Crippen molar-refractivity contribution in [3.8, 4) is 18.1 Å². The minimum atomic E-state index is -0.589. The quantitative estimate of drug-likeness (QED) is 0.658. The number of nitrogens with zero attached hydrogens (tertiary/aromatic N) is 1. The van der Waals surface area contributed by atoms with Crippen molar-refractivity contribution < 1.29 is 9.53 Å². The van der Waals surface area contributed by atoms with Gasteiger partial charge >= 0.3 is 0 Å². The summed E-state index contributed by atoms with van der Waals surface area (Å²) in [6.45, 7) is 2.06. The van der Waals surface area contributed by atoms with Gasteiger partial charge in [-0.1, -0.05) is 5.92 Å². The van der Waals surface area contributed by atoms with Crippen LogP contribution in [-0.2, 0) is 4.79 Å². The van der Waals surface area contributed by atoms with E-state index in [0.717, 1.165) is 22.4 Å². The van der Waals surface area contributed by atoms with Crippen LogP contribution in [0.1, 0.15) is 12.5 Å². The fourth-order valence-electron chi connectivity index (χ4n) is 2.43. The molecular formula is C18H18N2O2S2. The van der Waals surface area contributed by atoms with Gasteiger partial charge in [0.05, 0.1) is 11.1 Å². The fourth-order valence-corrected chi connectivity index (χ4v) is 3.87. The van der Waals surface area contributed by atoms with E-state index in [9.17, 15) is 4.79 Å². The van der Waals surface area contributed by atoms with Gasteiger partial charge in [-0.2, -0.15) is 11.8 Å². The standard InChI is InChI=1S/C18H18N2O2S2/c1-4-12-7-13-8-14(5-6-15(13)19-9-12)22-17(23-3)16(21)20-18(2)10-24-11-18/h1,5-9,17H,10-11H2,2-3H3,(H,20,21). The molecular weight excluding hydrogens is 340 g/mol. The van der Waals surface area contributed by atoms with Crippen molar-refractivity contribution >= 4 is 40.3 Å². The fraction of sp³-hybridized carbons (Fsp3) is 0.333. The number of aromatic nitrogens is 1. The molecule has 1 aliphatic rings. The first-order valence-electron chi connectivity index (χ1n) is 7.49. The number of carbonyl (C=O) groups excluding carboxylic acids is 1. The minimum absolute atomic E-state index is 0.0964. The third-order valence-electron chi connectivity index (χ3n) is 3.76. The predicted molar refractivity (Wildman–Crippen MR) is 101 cm³/mol. The van der Waals surface area contributed by atoms with Crippen molar-refractivity contribution in [2.45, 2.75) is 17.9 Å². The number of nitrogens with one attached hydrogen (secondary N) is 1. The van der Waals surface area contributed by atoms with Crippen LogP contribution >= 0.6 is 23.5 Å². The van der Waals surface area contributed by atoms with Gasteiger partial charge < -0.3 is 10.1 Å². The molecule has 24 heavy (non-hydrogen) atoms. The molecule has 3 rings (SSSR count). The van der Waals surface area contributed by atoms with E-state index in [4.69, 9.17) is 11.2 Å². The number of hydrogen-bond donors (Lipinski definition) is 1. The molecule has 0 spiro atoms. The predicted octanol–water partition coefficient (Wildman–Crippen LogP) is 2.91. The van der Waals surface area contributed by atoms with Gasteiger partial charge in [-0.25, -0.2) is 0 Å². The lowest BCUT2D eigenvalue weighted by Crippen LogP contribution is -2.58. The Bertz CT molecular complexity index is 812. The lowest BCUT2D eigenvalue weighted by atomic mass is 10.1. The maximum atomic E-state index is 12.4. The Labute approximate surface area is 150 Å². The van der Waals surface area contributed by atoms with E-state index in [1.54, 1.807) is 6.20 Å². The highest BCUT2D eigenvalue weighted by molar-refractivity contribution is 8.01. The molecule has 6 heteroatoms. The van der Waals surface area contributed by atoms with E-state index in [2.05, 4.69) is 23.1 Å². The summed E-state index contributed by atoms with van der Waals surface area (Å²) in [4.78, 5) is 16.8. The molecule has 0 aliphatic carbocycles. The summed E-state index contributed by atoms with van der Waals surface area (Å²) in [6, 6.07) is 7.43. The zero-order valence-electron chi connectivity index (χ0n) is 13.5. The molecule has 2 heterocycles. The average Bonchev–Trinajstić information content (AvgIpc) is 2.57. The van der Waals surface area contributed by atoms with Crippen molar-refractivity contribution in [1.29, 1.82) is 0 Å². The van der Waals surface area contributed by atoms with E-state index < -0.39 is 5.44 Å². The second kappa shape index (κ2) is 6.96. The van der Waals surface area contributed by atoms with Crippen LogP contribution in [0, 0.1) is 12.3 Å². The Balaban J connectivity index is 1.76. The van der Waals surface area contributed by atoms with Gasteiger partial charge in [0.2, 0.25) is 5.44 Å². The molecule has 1 aromatic carbocycles. The number of fused-ring (bicyclic) bond motifs is 1. The van der Waals surface area contributed by atoms with Gasteiger partial charge in [0.25, 0.3) is 5.91 Å². The van der Waals surface area contributed by atoms with Crippen molar-refractivity contribution in [1.82, 2.24) is 10.3 Å². The van der Waals surface area contributed by atoms with Gasteiger partial charge in [-0.15, -0.1) is 18.2 Å². The van der Waals surface area contributed by atoms with Gasteiger partial charge in [0.1, 0.15) is 5.75 Å². The Morgan fingerprint density at radius 1 is 1.50 bits per heavy atom. The third-order valence-corrected chi connectivity index (χ3v) is 6.18. The van der Waals surface area contributed by atoms with Crippen LogP contribution in [0.2, 0.25) is 0 Å². The zero-order chi connectivity index (χ0) is 17.2. The Kier molecular flexibility index (Phi) is 4.93. The molecule has 1 atom stereocenters. The van der Waals surface area contributed by atoms with Crippen LogP contribution in [0.4, 0.5) is 0 Å². The van der Waals surface area contributed by atoms with Crippen LogP contribution in [0.25, 0.3) is 10.9 Å². The molecule has 0 saturated carbocycles. The van der Waals surface area contributed by atoms with Gasteiger partial charge in [-0.05, 0) is 37.4 Å². The topological polar surface area (TPSA) is 51.2 Å². The highest BCUT2D eigenvalue weighted by Crippen LogP contribution is 2.29.